The Labute approximate surface area is 102 Å². The van der Waals surface area contributed by atoms with E-state index < -0.39 is 18.0 Å². The molecule has 7 heteroatoms. The van der Waals surface area contributed by atoms with Crippen LogP contribution >= 0.6 is 11.6 Å². The molecular formula is C10H11ClN2O4. The number of hydrogen-bond donors (Lipinski definition) is 4. The topological polar surface area (TPSA) is 113 Å². The van der Waals surface area contributed by atoms with Crippen molar-refractivity contribution in [3.63, 3.8) is 0 Å². The summed E-state index contributed by atoms with van der Waals surface area (Å²) in [4.78, 5) is 21.8. The summed E-state index contributed by atoms with van der Waals surface area (Å²) in [5, 5.41) is 19.9. The van der Waals surface area contributed by atoms with Crippen LogP contribution in [0.3, 0.4) is 0 Å². The fraction of sp³-hybridized carbons (Fsp3) is 0.200. The number of anilines is 1. The fourth-order valence-electron chi connectivity index (χ4n) is 1.05. The van der Waals surface area contributed by atoms with Crippen LogP contribution in [0, 0.1) is 0 Å². The van der Waals surface area contributed by atoms with E-state index in [0.29, 0.717) is 5.69 Å². The third kappa shape index (κ3) is 3.61. The molecule has 1 rings (SSSR count). The summed E-state index contributed by atoms with van der Waals surface area (Å²) in [5.41, 5.74) is 6.05. The number of amides is 1. The molecule has 0 radical (unpaired) electrons. The molecule has 0 bridgehead atoms. The first kappa shape index (κ1) is 13.3. The minimum absolute atomic E-state index is 0.233. The van der Waals surface area contributed by atoms with Crippen molar-refractivity contribution < 1.29 is 19.8 Å². The zero-order valence-corrected chi connectivity index (χ0v) is 9.44. The molecular weight excluding hydrogens is 248 g/mol. The van der Waals surface area contributed by atoms with Crippen LogP contribution in [-0.2, 0) is 4.79 Å². The maximum Gasteiger partial charge on any atom is 0.334 e. The first-order valence-corrected chi connectivity index (χ1v) is 5.03. The van der Waals surface area contributed by atoms with Crippen LogP contribution in [0.4, 0.5) is 5.69 Å². The average molecular weight is 259 g/mol. The van der Waals surface area contributed by atoms with Gasteiger partial charge in [0, 0.05) is 5.56 Å². The summed E-state index contributed by atoms with van der Waals surface area (Å²) >= 11 is 5.72. The van der Waals surface area contributed by atoms with E-state index in [-0.39, 0.29) is 17.1 Å². The highest BCUT2D eigenvalue weighted by molar-refractivity contribution is 6.33. The van der Waals surface area contributed by atoms with E-state index in [1.54, 1.807) is 0 Å². The highest BCUT2D eigenvalue weighted by atomic mass is 35.5. The first-order valence-electron chi connectivity index (χ1n) is 4.66. The van der Waals surface area contributed by atoms with Crippen molar-refractivity contribution in [2.24, 2.45) is 0 Å². The van der Waals surface area contributed by atoms with Gasteiger partial charge in [-0.05, 0) is 18.2 Å². The molecule has 0 spiro atoms. The second-order valence-electron chi connectivity index (χ2n) is 3.30. The van der Waals surface area contributed by atoms with Crippen LogP contribution < -0.4 is 11.1 Å². The Bertz CT molecular complexity index is 450. The smallest absolute Gasteiger partial charge is 0.334 e. The number of aliphatic hydroxyl groups is 1. The fourth-order valence-corrected chi connectivity index (χ4v) is 1.23. The Morgan fingerprint density at radius 3 is 2.65 bits per heavy atom. The number of aliphatic carboxylic acids is 1. The average Bonchev–Trinajstić information content (AvgIpc) is 2.28. The number of aliphatic hydroxyl groups excluding tert-OH is 1. The zero-order chi connectivity index (χ0) is 13.0. The lowest BCUT2D eigenvalue weighted by Gasteiger charge is -2.08. The maximum absolute atomic E-state index is 11.5. The number of benzene rings is 1. The van der Waals surface area contributed by atoms with Crippen LogP contribution in [0.25, 0.3) is 0 Å². The number of halogens is 1. The van der Waals surface area contributed by atoms with Gasteiger partial charge in [-0.3, -0.25) is 4.79 Å². The Hall–Kier alpha value is -1.79. The maximum atomic E-state index is 11.5. The summed E-state index contributed by atoms with van der Waals surface area (Å²) in [6.45, 7) is -0.379. The number of carboxylic acids is 1. The molecule has 0 aliphatic heterocycles. The lowest BCUT2D eigenvalue weighted by atomic mass is 10.2. The minimum atomic E-state index is -1.64. The van der Waals surface area contributed by atoms with Gasteiger partial charge in [-0.2, -0.15) is 0 Å². The molecule has 1 atom stereocenters. The lowest BCUT2D eigenvalue weighted by Crippen LogP contribution is -2.36. The molecule has 1 aromatic rings. The van der Waals surface area contributed by atoms with Crippen molar-refractivity contribution in [3.8, 4) is 0 Å². The molecule has 0 saturated carbocycles. The summed E-state index contributed by atoms with van der Waals surface area (Å²) in [5.74, 6) is -1.94. The normalized spacial score (nSPS) is 11.9. The Morgan fingerprint density at radius 1 is 1.47 bits per heavy atom. The molecule has 0 unspecified atom stereocenters. The third-order valence-electron chi connectivity index (χ3n) is 2.00. The highest BCUT2D eigenvalue weighted by Crippen LogP contribution is 2.19. The molecule has 0 fully saturated rings. The van der Waals surface area contributed by atoms with Crippen LogP contribution in [0.15, 0.2) is 18.2 Å². The Balaban J connectivity index is 2.64. The summed E-state index contributed by atoms with van der Waals surface area (Å²) in [6.07, 6.45) is -1.64. The molecule has 17 heavy (non-hydrogen) atoms. The van der Waals surface area contributed by atoms with Crippen molar-refractivity contribution in [3.05, 3.63) is 28.8 Å². The van der Waals surface area contributed by atoms with Crippen LogP contribution in [0.1, 0.15) is 10.4 Å². The van der Waals surface area contributed by atoms with Crippen LogP contribution in [0.2, 0.25) is 5.02 Å². The van der Waals surface area contributed by atoms with Gasteiger partial charge < -0.3 is 21.3 Å². The number of carbonyl (C=O) groups is 2. The highest BCUT2D eigenvalue weighted by Gasteiger charge is 2.15. The van der Waals surface area contributed by atoms with Gasteiger partial charge in [0.05, 0.1) is 17.3 Å². The summed E-state index contributed by atoms with van der Waals surface area (Å²) in [6, 6.07) is 4.27. The van der Waals surface area contributed by atoms with Gasteiger partial charge >= 0.3 is 5.97 Å². The van der Waals surface area contributed by atoms with Gasteiger partial charge in [-0.15, -0.1) is 0 Å². The molecule has 5 N–H and O–H groups in total. The van der Waals surface area contributed by atoms with Crippen LogP contribution in [0.5, 0.6) is 0 Å². The van der Waals surface area contributed by atoms with Crippen molar-refractivity contribution in [2.45, 2.75) is 6.10 Å². The molecule has 0 aliphatic rings. The van der Waals surface area contributed by atoms with Gasteiger partial charge in [0.1, 0.15) is 0 Å². The lowest BCUT2D eigenvalue weighted by molar-refractivity contribution is -0.146. The van der Waals surface area contributed by atoms with E-state index in [4.69, 9.17) is 27.5 Å². The SMILES string of the molecule is Nc1ccc(C(=O)NC[C@H](O)C(=O)O)cc1Cl. The second-order valence-corrected chi connectivity index (χ2v) is 3.71. The Morgan fingerprint density at radius 2 is 2.12 bits per heavy atom. The van der Waals surface area contributed by atoms with Crippen molar-refractivity contribution >= 4 is 29.2 Å². The quantitative estimate of drug-likeness (QED) is 0.572. The predicted octanol–water partition coefficient (Wildman–Crippen LogP) is 0.0975. The zero-order valence-electron chi connectivity index (χ0n) is 8.68. The van der Waals surface area contributed by atoms with Gasteiger partial charge in [-0.1, -0.05) is 11.6 Å². The number of carbonyl (C=O) groups excluding carboxylic acids is 1. The van der Waals surface area contributed by atoms with Crippen molar-refractivity contribution in [1.82, 2.24) is 5.32 Å². The monoisotopic (exact) mass is 258 g/mol. The van der Waals surface area contributed by atoms with Crippen LogP contribution in [-0.4, -0.2) is 34.7 Å². The number of nitrogens with one attached hydrogen (secondary N) is 1. The van der Waals surface area contributed by atoms with Crippen molar-refractivity contribution in [2.75, 3.05) is 12.3 Å². The summed E-state index contributed by atoms with van der Waals surface area (Å²) in [7, 11) is 0. The molecule has 1 amide bonds. The van der Waals surface area contributed by atoms with Gasteiger partial charge in [0.2, 0.25) is 0 Å². The number of nitrogen functional groups attached to an aromatic ring is 1. The number of hydrogen-bond acceptors (Lipinski definition) is 4. The molecule has 1 aromatic carbocycles. The molecule has 0 heterocycles. The van der Waals surface area contributed by atoms with E-state index >= 15 is 0 Å². The van der Waals surface area contributed by atoms with E-state index in [0.717, 1.165) is 0 Å². The first-order chi connectivity index (χ1) is 7.91. The van der Waals surface area contributed by atoms with Gasteiger partial charge in [0.25, 0.3) is 5.91 Å². The van der Waals surface area contributed by atoms with Gasteiger partial charge in [-0.25, -0.2) is 4.79 Å². The van der Waals surface area contributed by atoms with Crippen molar-refractivity contribution in [1.29, 1.82) is 0 Å². The standard InChI is InChI=1S/C10H11ClN2O4/c11-6-3-5(1-2-7(6)12)9(15)13-4-8(14)10(16)17/h1-3,8,14H,4,12H2,(H,13,15)(H,16,17)/t8-/m0/s1. The largest absolute Gasteiger partial charge is 0.479 e. The molecule has 6 nitrogen and oxygen atoms in total. The molecule has 0 aromatic heterocycles. The summed E-state index contributed by atoms with van der Waals surface area (Å²) < 4.78 is 0. The number of carboxylic acid groups (broad SMARTS) is 1. The molecule has 0 saturated heterocycles. The number of nitrogens with two attached hydrogens (primary N) is 1. The van der Waals surface area contributed by atoms with E-state index in [1.165, 1.54) is 18.2 Å². The van der Waals surface area contributed by atoms with E-state index in [2.05, 4.69) is 5.32 Å². The molecule has 0 aliphatic carbocycles. The minimum Gasteiger partial charge on any atom is -0.479 e. The van der Waals surface area contributed by atoms with E-state index in [9.17, 15) is 9.59 Å². The Kier molecular flexibility index (Phi) is 4.30. The molecule has 92 valence electrons. The van der Waals surface area contributed by atoms with E-state index in [1.807, 2.05) is 0 Å². The second kappa shape index (κ2) is 5.51. The third-order valence-corrected chi connectivity index (χ3v) is 2.33. The number of rotatable bonds is 4. The predicted molar refractivity (Wildman–Crippen MR) is 61.8 cm³/mol. The van der Waals surface area contributed by atoms with Gasteiger partial charge in [0.15, 0.2) is 6.10 Å².